The molecule has 2 amide bonds. The first-order chi connectivity index (χ1) is 14.9. The van der Waals surface area contributed by atoms with E-state index in [-0.39, 0.29) is 36.0 Å². The van der Waals surface area contributed by atoms with Crippen LogP contribution < -0.4 is 15.4 Å². The van der Waals surface area contributed by atoms with E-state index in [1.54, 1.807) is 12.1 Å². The Labute approximate surface area is 182 Å². The van der Waals surface area contributed by atoms with Gasteiger partial charge < -0.3 is 15.4 Å². The first-order valence-corrected chi connectivity index (χ1v) is 10.6. The first kappa shape index (κ1) is 22.7. The van der Waals surface area contributed by atoms with Gasteiger partial charge in [-0.1, -0.05) is 12.1 Å². The van der Waals surface area contributed by atoms with E-state index in [4.69, 9.17) is 4.74 Å². The van der Waals surface area contributed by atoms with E-state index in [0.717, 1.165) is 42.6 Å². The smallest absolute Gasteiger partial charge is 0.251 e. The Morgan fingerprint density at radius 1 is 1.10 bits per heavy atom. The largest absolute Gasteiger partial charge is 0.494 e. The zero-order chi connectivity index (χ0) is 22.4. The SMILES string of the molecule is COc1ccc(CN2CCC(NC(=O)CNC(=O)c3ccc(C)c(C)c3)CC2)cc1F. The summed E-state index contributed by atoms with van der Waals surface area (Å²) in [7, 11) is 1.45. The predicted molar refractivity (Wildman–Crippen MR) is 118 cm³/mol. The summed E-state index contributed by atoms with van der Waals surface area (Å²) in [6.07, 6.45) is 1.63. The van der Waals surface area contributed by atoms with Crippen molar-refractivity contribution in [2.24, 2.45) is 0 Å². The molecule has 0 atom stereocenters. The molecule has 0 saturated carbocycles. The van der Waals surface area contributed by atoms with Crippen molar-refractivity contribution >= 4 is 11.8 Å². The molecule has 166 valence electrons. The molecule has 2 aromatic carbocycles. The summed E-state index contributed by atoms with van der Waals surface area (Å²) >= 11 is 0. The number of carbonyl (C=O) groups excluding carboxylic acids is 2. The summed E-state index contributed by atoms with van der Waals surface area (Å²) in [5, 5.41) is 5.68. The van der Waals surface area contributed by atoms with Gasteiger partial charge in [-0.2, -0.15) is 0 Å². The molecule has 1 saturated heterocycles. The molecule has 0 radical (unpaired) electrons. The number of rotatable bonds is 7. The molecule has 31 heavy (non-hydrogen) atoms. The van der Waals surface area contributed by atoms with Crippen LogP contribution in [0.2, 0.25) is 0 Å². The lowest BCUT2D eigenvalue weighted by molar-refractivity contribution is -0.121. The number of halogens is 1. The average Bonchev–Trinajstić information content (AvgIpc) is 2.75. The lowest BCUT2D eigenvalue weighted by atomic mass is 10.0. The maximum absolute atomic E-state index is 13.9. The van der Waals surface area contributed by atoms with Gasteiger partial charge in [0.1, 0.15) is 0 Å². The Bertz CT molecular complexity index is 940. The normalized spacial score (nSPS) is 14.8. The molecule has 3 rings (SSSR count). The number of hydrogen-bond acceptors (Lipinski definition) is 4. The van der Waals surface area contributed by atoms with Crippen molar-refractivity contribution in [3.05, 3.63) is 64.5 Å². The average molecular weight is 428 g/mol. The second kappa shape index (κ2) is 10.4. The molecular weight excluding hydrogens is 397 g/mol. The summed E-state index contributed by atoms with van der Waals surface area (Å²) in [5.41, 5.74) is 3.62. The Hall–Kier alpha value is -2.93. The summed E-state index contributed by atoms with van der Waals surface area (Å²) in [5.74, 6) is -0.549. The molecule has 0 bridgehead atoms. The van der Waals surface area contributed by atoms with Crippen LogP contribution in [0, 0.1) is 19.7 Å². The standard InChI is InChI=1S/C24H30FN3O3/c1-16-4-6-19(12-17(16)2)24(30)26-14-23(29)27-20-8-10-28(11-9-20)15-18-5-7-22(31-3)21(25)13-18/h4-7,12-13,20H,8-11,14-15H2,1-3H3,(H,26,30)(H,27,29). The molecule has 2 N–H and O–H groups in total. The molecule has 1 aliphatic heterocycles. The van der Waals surface area contributed by atoms with Gasteiger partial charge in [0, 0.05) is 31.2 Å². The monoisotopic (exact) mass is 427 g/mol. The third kappa shape index (κ3) is 6.28. The van der Waals surface area contributed by atoms with E-state index in [1.165, 1.54) is 13.2 Å². The van der Waals surface area contributed by atoms with Crippen molar-refractivity contribution in [2.75, 3.05) is 26.7 Å². The summed E-state index contributed by atoms with van der Waals surface area (Å²) in [6.45, 7) is 6.19. The van der Waals surface area contributed by atoms with Crippen LogP contribution in [0.4, 0.5) is 4.39 Å². The zero-order valence-electron chi connectivity index (χ0n) is 18.3. The quantitative estimate of drug-likeness (QED) is 0.713. The number of hydrogen-bond donors (Lipinski definition) is 2. The minimum absolute atomic E-state index is 0.0445. The fourth-order valence-corrected chi connectivity index (χ4v) is 3.73. The highest BCUT2D eigenvalue weighted by Crippen LogP contribution is 2.20. The Kier molecular flexibility index (Phi) is 7.63. The number of ether oxygens (including phenoxy) is 1. The highest BCUT2D eigenvalue weighted by atomic mass is 19.1. The van der Waals surface area contributed by atoms with Gasteiger partial charge in [0.05, 0.1) is 13.7 Å². The Morgan fingerprint density at radius 3 is 2.48 bits per heavy atom. The van der Waals surface area contributed by atoms with Gasteiger partial charge in [0.25, 0.3) is 5.91 Å². The van der Waals surface area contributed by atoms with Crippen molar-refractivity contribution in [3.63, 3.8) is 0 Å². The molecule has 7 heteroatoms. The highest BCUT2D eigenvalue weighted by molar-refractivity contribution is 5.96. The number of nitrogens with one attached hydrogen (secondary N) is 2. The number of nitrogens with zero attached hydrogens (tertiary/aromatic N) is 1. The van der Waals surface area contributed by atoms with Gasteiger partial charge in [-0.3, -0.25) is 14.5 Å². The fraction of sp³-hybridized carbons (Fsp3) is 0.417. The fourth-order valence-electron chi connectivity index (χ4n) is 3.73. The Balaban J connectivity index is 1.40. The lowest BCUT2D eigenvalue weighted by Gasteiger charge is -2.32. The van der Waals surface area contributed by atoms with E-state index < -0.39 is 0 Å². The molecule has 0 unspecified atom stereocenters. The maximum Gasteiger partial charge on any atom is 0.251 e. The van der Waals surface area contributed by atoms with Gasteiger partial charge in [0.2, 0.25) is 5.91 Å². The molecule has 0 aromatic heterocycles. The van der Waals surface area contributed by atoms with Gasteiger partial charge in [-0.15, -0.1) is 0 Å². The lowest BCUT2D eigenvalue weighted by Crippen LogP contribution is -2.47. The number of methoxy groups -OCH3 is 1. The van der Waals surface area contributed by atoms with E-state index in [9.17, 15) is 14.0 Å². The number of piperidine rings is 1. The van der Waals surface area contributed by atoms with Crippen LogP contribution in [0.1, 0.15) is 39.9 Å². The van der Waals surface area contributed by atoms with Crippen LogP contribution >= 0.6 is 0 Å². The van der Waals surface area contributed by atoms with Crippen LogP contribution in [-0.4, -0.2) is 49.5 Å². The molecule has 0 aliphatic carbocycles. The second-order valence-corrected chi connectivity index (χ2v) is 8.07. The number of carbonyl (C=O) groups is 2. The molecule has 1 fully saturated rings. The van der Waals surface area contributed by atoms with E-state index >= 15 is 0 Å². The van der Waals surface area contributed by atoms with Gasteiger partial charge in [0.15, 0.2) is 11.6 Å². The summed E-state index contributed by atoms with van der Waals surface area (Å²) in [6, 6.07) is 10.6. The van der Waals surface area contributed by atoms with Crippen LogP contribution in [0.5, 0.6) is 5.75 Å². The van der Waals surface area contributed by atoms with Crippen molar-refractivity contribution in [2.45, 2.75) is 39.3 Å². The van der Waals surface area contributed by atoms with Crippen molar-refractivity contribution in [1.82, 2.24) is 15.5 Å². The second-order valence-electron chi connectivity index (χ2n) is 8.07. The number of likely N-dealkylation sites (tertiary alicyclic amines) is 1. The van der Waals surface area contributed by atoms with Gasteiger partial charge in [-0.25, -0.2) is 4.39 Å². The van der Waals surface area contributed by atoms with Gasteiger partial charge >= 0.3 is 0 Å². The topological polar surface area (TPSA) is 70.7 Å². The van der Waals surface area contributed by atoms with Crippen LogP contribution in [-0.2, 0) is 11.3 Å². The number of aryl methyl sites for hydroxylation is 2. The summed E-state index contributed by atoms with van der Waals surface area (Å²) < 4.78 is 18.8. The van der Waals surface area contributed by atoms with Crippen LogP contribution in [0.25, 0.3) is 0 Å². The number of amides is 2. The van der Waals surface area contributed by atoms with Crippen molar-refractivity contribution in [1.29, 1.82) is 0 Å². The third-order valence-corrected chi connectivity index (χ3v) is 5.75. The molecule has 0 spiro atoms. The van der Waals surface area contributed by atoms with E-state index in [1.807, 2.05) is 32.0 Å². The van der Waals surface area contributed by atoms with E-state index in [0.29, 0.717) is 12.1 Å². The van der Waals surface area contributed by atoms with Crippen LogP contribution in [0.15, 0.2) is 36.4 Å². The zero-order valence-corrected chi connectivity index (χ0v) is 18.3. The highest BCUT2D eigenvalue weighted by Gasteiger charge is 2.21. The minimum atomic E-state index is -0.356. The maximum atomic E-state index is 13.9. The van der Waals surface area contributed by atoms with E-state index in [2.05, 4.69) is 15.5 Å². The molecule has 1 aliphatic rings. The summed E-state index contributed by atoms with van der Waals surface area (Å²) in [4.78, 5) is 26.7. The number of benzene rings is 2. The molecule has 2 aromatic rings. The van der Waals surface area contributed by atoms with Crippen molar-refractivity contribution < 1.29 is 18.7 Å². The molecule has 6 nitrogen and oxygen atoms in total. The predicted octanol–water partition coefficient (Wildman–Crippen LogP) is 2.96. The minimum Gasteiger partial charge on any atom is -0.494 e. The van der Waals surface area contributed by atoms with Gasteiger partial charge in [-0.05, 0) is 67.6 Å². The van der Waals surface area contributed by atoms with Crippen LogP contribution in [0.3, 0.4) is 0 Å². The molecular formula is C24H30FN3O3. The molecule has 1 heterocycles. The third-order valence-electron chi connectivity index (χ3n) is 5.75. The Morgan fingerprint density at radius 2 is 1.84 bits per heavy atom. The van der Waals surface area contributed by atoms with Crippen molar-refractivity contribution in [3.8, 4) is 5.75 Å². The first-order valence-electron chi connectivity index (χ1n) is 10.6.